The van der Waals surface area contributed by atoms with Crippen LogP contribution in [-0.2, 0) is 16.1 Å². The van der Waals surface area contributed by atoms with Crippen LogP contribution in [0.2, 0.25) is 0 Å². The number of pyridine rings is 1. The smallest absolute Gasteiger partial charge is 0.251 e. The molecule has 2 amide bonds. The molecular weight excluding hydrogens is 392 g/mol. The first kappa shape index (κ1) is 22.7. The highest BCUT2D eigenvalue weighted by atomic mass is 16.5. The Morgan fingerprint density at radius 2 is 1.77 bits per heavy atom. The molecule has 1 fully saturated rings. The number of hydrogen-bond donors (Lipinski definition) is 2. The summed E-state index contributed by atoms with van der Waals surface area (Å²) in [5, 5.41) is 5.77. The highest BCUT2D eigenvalue weighted by molar-refractivity contribution is 5.97. The highest BCUT2D eigenvalue weighted by Crippen LogP contribution is 2.18. The molecule has 1 aliphatic heterocycles. The first-order valence-electron chi connectivity index (χ1n) is 10.8. The number of anilines is 1. The lowest BCUT2D eigenvalue weighted by Crippen LogP contribution is -2.49. The van der Waals surface area contributed by atoms with Crippen molar-refractivity contribution in [2.45, 2.75) is 52.5 Å². The molecular formula is C24H32N4O3. The summed E-state index contributed by atoms with van der Waals surface area (Å²) >= 11 is 0. The summed E-state index contributed by atoms with van der Waals surface area (Å²) in [4.78, 5) is 32.0. The fraction of sp³-hybridized carbons (Fsp3) is 0.458. The predicted molar refractivity (Wildman–Crippen MR) is 121 cm³/mol. The van der Waals surface area contributed by atoms with Crippen molar-refractivity contribution in [3.8, 4) is 0 Å². The van der Waals surface area contributed by atoms with Gasteiger partial charge in [-0.15, -0.1) is 0 Å². The molecule has 1 aromatic heterocycles. The largest absolute Gasteiger partial charge is 0.372 e. The van der Waals surface area contributed by atoms with E-state index in [0.717, 1.165) is 24.5 Å². The lowest BCUT2D eigenvalue weighted by molar-refractivity contribution is -0.124. The molecule has 1 saturated heterocycles. The quantitative estimate of drug-likeness (QED) is 0.714. The average Bonchev–Trinajstić information content (AvgIpc) is 2.75. The van der Waals surface area contributed by atoms with E-state index >= 15 is 0 Å². The number of aromatic nitrogens is 1. The van der Waals surface area contributed by atoms with Crippen LogP contribution in [-0.4, -0.2) is 48.1 Å². The van der Waals surface area contributed by atoms with Crippen molar-refractivity contribution < 1.29 is 14.3 Å². The van der Waals surface area contributed by atoms with Crippen molar-refractivity contribution in [2.75, 3.05) is 18.0 Å². The number of nitrogens with one attached hydrogen (secondary N) is 2. The van der Waals surface area contributed by atoms with E-state index in [1.54, 1.807) is 30.5 Å². The van der Waals surface area contributed by atoms with Gasteiger partial charge in [-0.3, -0.25) is 9.59 Å². The van der Waals surface area contributed by atoms with Gasteiger partial charge in [-0.05, 0) is 43.5 Å². The molecule has 1 aliphatic rings. The molecule has 0 spiro atoms. The number of benzene rings is 1. The minimum Gasteiger partial charge on any atom is -0.372 e. The van der Waals surface area contributed by atoms with E-state index in [0.29, 0.717) is 12.1 Å². The lowest BCUT2D eigenvalue weighted by Gasteiger charge is -2.36. The molecule has 0 bridgehead atoms. The van der Waals surface area contributed by atoms with Crippen LogP contribution in [0.1, 0.15) is 43.6 Å². The zero-order valence-electron chi connectivity index (χ0n) is 18.7. The molecule has 0 unspecified atom stereocenters. The number of carbonyl (C=O) groups excluding carboxylic acids is 2. The summed E-state index contributed by atoms with van der Waals surface area (Å²) in [6, 6.07) is 12.2. The number of carbonyl (C=O) groups is 2. The second-order valence-corrected chi connectivity index (χ2v) is 8.47. The Bertz CT molecular complexity index is 860. The number of hydrogen-bond acceptors (Lipinski definition) is 5. The Kier molecular flexibility index (Phi) is 7.63. The van der Waals surface area contributed by atoms with Gasteiger partial charge in [0.05, 0.1) is 12.2 Å². The van der Waals surface area contributed by atoms with Gasteiger partial charge in [0, 0.05) is 31.4 Å². The van der Waals surface area contributed by atoms with Gasteiger partial charge < -0.3 is 20.3 Å². The summed E-state index contributed by atoms with van der Waals surface area (Å²) in [6.07, 6.45) is 2.13. The maximum Gasteiger partial charge on any atom is 0.251 e. The first-order valence-corrected chi connectivity index (χ1v) is 10.8. The molecule has 7 heteroatoms. The minimum absolute atomic E-state index is 0.0431. The van der Waals surface area contributed by atoms with Crippen LogP contribution in [0.4, 0.5) is 5.82 Å². The van der Waals surface area contributed by atoms with E-state index in [1.807, 2.05) is 32.0 Å². The molecule has 7 nitrogen and oxygen atoms in total. The Labute approximate surface area is 184 Å². The third kappa shape index (κ3) is 6.28. The zero-order valence-corrected chi connectivity index (χ0v) is 18.7. The van der Waals surface area contributed by atoms with Crippen molar-refractivity contribution in [3.63, 3.8) is 0 Å². The average molecular weight is 425 g/mol. The Balaban J connectivity index is 1.56. The van der Waals surface area contributed by atoms with Crippen molar-refractivity contribution in [1.29, 1.82) is 0 Å². The van der Waals surface area contributed by atoms with Gasteiger partial charge in [-0.2, -0.15) is 0 Å². The molecule has 166 valence electrons. The number of ether oxygens (including phenoxy) is 1. The highest BCUT2D eigenvalue weighted by Gasteiger charge is 2.25. The SMILES string of the molecule is CC(C)[C@@H](NC(=O)c1ccccc1)C(=O)NCc1ccc(N2C[C@@H](C)O[C@H](C)C2)nc1. The van der Waals surface area contributed by atoms with Gasteiger partial charge in [0.15, 0.2) is 0 Å². The van der Waals surface area contributed by atoms with Gasteiger partial charge in [0.25, 0.3) is 5.91 Å². The predicted octanol–water partition coefficient (Wildman–Crippen LogP) is 2.77. The van der Waals surface area contributed by atoms with Crippen LogP contribution in [0.15, 0.2) is 48.7 Å². The van der Waals surface area contributed by atoms with E-state index < -0.39 is 6.04 Å². The van der Waals surface area contributed by atoms with Crippen molar-refractivity contribution >= 4 is 17.6 Å². The lowest BCUT2D eigenvalue weighted by atomic mass is 10.0. The van der Waals surface area contributed by atoms with E-state index in [4.69, 9.17) is 4.74 Å². The zero-order chi connectivity index (χ0) is 22.4. The van der Waals surface area contributed by atoms with E-state index in [2.05, 4.69) is 34.4 Å². The van der Waals surface area contributed by atoms with Crippen LogP contribution in [0.3, 0.4) is 0 Å². The second-order valence-electron chi connectivity index (χ2n) is 8.47. The Hall–Kier alpha value is -2.93. The molecule has 2 N–H and O–H groups in total. The fourth-order valence-corrected chi connectivity index (χ4v) is 3.72. The van der Waals surface area contributed by atoms with E-state index in [-0.39, 0.29) is 29.9 Å². The summed E-state index contributed by atoms with van der Waals surface area (Å²) in [7, 11) is 0. The number of rotatable bonds is 7. The van der Waals surface area contributed by atoms with Crippen LogP contribution in [0, 0.1) is 5.92 Å². The molecule has 2 heterocycles. The van der Waals surface area contributed by atoms with Crippen molar-refractivity contribution in [2.24, 2.45) is 5.92 Å². The van der Waals surface area contributed by atoms with Crippen LogP contribution < -0.4 is 15.5 Å². The summed E-state index contributed by atoms with van der Waals surface area (Å²) in [5.74, 6) is 0.402. The molecule has 1 aromatic carbocycles. The molecule has 0 saturated carbocycles. The van der Waals surface area contributed by atoms with Crippen LogP contribution in [0.5, 0.6) is 0 Å². The summed E-state index contributed by atoms with van der Waals surface area (Å²) in [6.45, 7) is 9.93. The minimum atomic E-state index is -0.615. The topological polar surface area (TPSA) is 83.6 Å². The molecule has 0 radical (unpaired) electrons. The fourth-order valence-electron chi connectivity index (χ4n) is 3.72. The van der Waals surface area contributed by atoms with Crippen molar-refractivity contribution in [1.82, 2.24) is 15.6 Å². The standard InChI is InChI=1S/C24H32N4O3/c1-16(2)22(27-23(29)20-8-6-5-7-9-20)24(30)26-13-19-10-11-21(25-12-19)28-14-17(3)31-18(4)15-28/h5-12,16-18,22H,13-15H2,1-4H3,(H,26,30)(H,27,29)/t17-,18-,22-/m1/s1. The third-order valence-electron chi connectivity index (χ3n) is 5.29. The van der Waals surface area contributed by atoms with Crippen LogP contribution >= 0.6 is 0 Å². The van der Waals surface area contributed by atoms with E-state index in [1.165, 1.54) is 0 Å². The Morgan fingerprint density at radius 3 is 2.35 bits per heavy atom. The maximum absolute atomic E-state index is 12.7. The maximum atomic E-state index is 12.7. The first-order chi connectivity index (χ1) is 14.8. The second kappa shape index (κ2) is 10.4. The van der Waals surface area contributed by atoms with Gasteiger partial charge in [-0.25, -0.2) is 4.98 Å². The third-order valence-corrected chi connectivity index (χ3v) is 5.29. The number of nitrogens with zero attached hydrogens (tertiary/aromatic N) is 2. The number of amides is 2. The van der Waals surface area contributed by atoms with Crippen molar-refractivity contribution in [3.05, 3.63) is 59.8 Å². The van der Waals surface area contributed by atoms with E-state index in [9.17, 15) is 9.59 Å². The van der Waals surface area contributed by atoms with Gasteiger partial charge in [-0.1, -0.05) is 38.1 Å². The van der Waals surface area contributed by atoms with Gasteiger partial charge in [0.1, 0.15) is 11.9 Å². The van der Waals surface area contributed by atoms with Gasteiger partial charge in [0.2, 0.25) is 5.91 Å². The summed E-state index contributed by atoms with van der Waals surface area (Å²) in [5.41, 5.74) is 1.44. The normalized spacial score (nSPS) is 19.7. The van der Waals surface area contributed by atoms with Crippen LogP contribution in [0.25, 0.3) is 0 Å². The molecule has 3 rings (SSSR count). The molecule has 31 heavy (non-hydrogen) atoms. The summed E-state index contributed by atoms with van der Waals surface area (Å²) < 4.78 is 5.78. The molecule has 2 aromatic rings. The monoisotopic (exact) mass is 424 g/mol. The molecule has 0 aliphatic carbocycles. The number of morpholine rings is 1. The molecule has 3 atom stereocenters. The van der Waals surface area contributed by atoms with Gasteiger partial charge >= 0.3 is 0 Å². The Morgan fingerprint density at radius 1 is 1.10 bits per heavy atom.